The first-order valence-electron chi connectivity index (χ1n) is 7.88. The maximum Gasteiger partial charge on any atom is 0.192 e. The minimum atomic E-state index is -0.852. The van der Waals surface area contributed by atoms with Crippen molar-refractivity contribution in [2.45, 2.75) is 17.5 Å². The summed E-state index contributed by atoms with van der Waals surface area (Å²) in [5.74, 6) is -0.00388. The van der Waals surface area contributed by atoms with E-state index in [4.69, 9.17) is 4.74 Å². The van der Waals surface area contributed by atoms with Crippen molar-refractivity contribution in [1.82, 2.24) is 14.8 Å². The van der Waals surface area contributed by atoms with Gasteiger partial charge in [-0.25, -0.2) is 8.78 Å². The number of thioether (sulfide) groups is 1. The van der Waals surface area contributed by atoms with Crippen molar-refractivity contribution in [2.24, 2.45) is 0 Å². The standard InChI is InChI=1S/C19H17F2N3OS/c1-3-11-24-18(13-7-9-15(25-2)10-8-13)22-23-19(24)26-12-14-5-4-6-16(20)17(14)21/h3-10H,1,11-12H2,2H3. The molecule has 0 aliphatic rings. The molecule has 0 amide bonds. The summed E-state index contributed by atoms with van der Waals surface area (Å²) in [4.78, 5) is 0. The predicted molar refractivity (Wildman–Crippen MR) is 98.1 cm³/mol. The number of rotatable bonds is 7. The molecule has 3 rings (SSSR count). The van der Waals surface area contributed by atoms with Gasteiger partial charge in [0.1, 0.15) is 5.75 Å². The summed E-state index contributed by atoms with van der Waals surface area (Å²) >= 11 is 1.30. The van der Waals surface area contributed by atoms with E-state index in [0.717, 1.165) is 17.4 Å². The number of ether oxygens (including phenoxy) is 1. The Labute approximate surface area is 154 Å². The zero-order valence-corrected chi connectivity index (χ0v) is 15.0. The zero-order valence-electron chi connectivity index (χ0n) is 14.2. The van der Waals surface area contributed by atoms with Gasteiger partial charge in [0.15, 0.2) is 22.6 Å². The molecule has 0 spiro atoms. The lowest BCUT2D eigenvalue weighted by molar-refractivity contribution is 0.415. The Balaban J connectivity index is 1.86. The predicted octanol–water partition coefficient (Wildman–Crippen LogP) is 4.71. The summed E-state index contributed by atoms with van der Waals surface area (Å²) in [7, 11) is 1.61. The molecule has 3 aromatic rings. The van der Waals surface area contributed by atoms with Gasteiger partial charge in [0.2, 0.25) is 0 Å². The van der Waals surface area contributed by atoms with E-state index in [1.54, 1.807) is 19.3 Å². The number of nitrogens with zero attached hydrogens (tertiary/aromatic N) is 3. The van der Waals surface area contributed by atoms with Gasteiger partial charge in [-0.2, -0.15) is 0 Å². The second-order valence-electron chi connectivity index (χ2n) is 5.44. The van der Waals surface area contributed by atoms with Crippen molar-refractivity contribution in [3.05, 3.63) is 72.3 Å². The molecule has 0 atom stereocenters. The van der Waals surface area contributed by atoms with Crippen LogP contribution in [0.25, 0.3) is 11.4 Å². The summed E-state index contributed by atoms with van der Waals surface area (Å²) < 4.78 is 34.2. The second-order valence-corrected chi connectivity index (χ2v) is 6.38. The lowest BCUT2D eigenvalue weighted by atomic mass is 10.2. The number of benzene rings is 2. The number of halogens is 2. The van der Waals surface area contributed by atoms with Crippen molar-refractivity contribution in [3.8, 4) is 17.1 Å². The van der Waals surface area contributed by atoms with Gasteiger partial charge in [0, 0.05) is 23.4 Å². The highest BCUT2D eigenvalue weighted by Gasteiger charge is 2.15. The molecule has 7 heteroatoms. The Kier molecular flexibility index (Phi) is 5.68. The van der Waals surface area contributed by atoms with Gasteiger partial charge in [-0.15, -0.1) is 16.8 Å². The van der Waals surface area contributed by atoms with Crippen molar-refractivity contribution >= 4 is 11.8 Å². The third-order valence-electron chi connectivity index (χ3n) is 3.77. The van der Waals surface area contributed by atoms with Crippen LogP contribution in [0, 0.1) is 11.6 Å². The van der Waals surface area contributed by atoms with E-state index in [9.17, 15) is 8.78 Å². The molecule has 0 fully saturated rings. The van der Waals surface area contributed by atoms with E-state index in [1.807, 2.05) is 28.8 Å². The van der Waals surface area contributed by atoms with E-state index in [0.29, 0.717) is 17.5 Å². The van der Waals surface area contributed by atoms with Crippen LogP contribution in [0.4, 0.5) is 8.78 Å². The van der Waals surface area contributed by atoms with Gasteiger partial charge in [-0.05, 0) is 30.3 Å². The molecule has 0 unspecified atom stereocenters. The molecule has 2 aromatic carbocycles. The van der Waals surface area contributed by atoms with Crippen LogP contribution < -0.4 is 4.74 Å². The summed E-state index contributed by atoms with van der Waals surface area (Å²) in [5, 5.41) is 9.06. The Morgan fingerprint density at radius 2 is 1.92 bits per heavy atom. The quantitative estimate of drug-likeness (QED) is 0.444. The maximum atomic E-state index is 13.8. The minimum Gasteiger partial charge on any atom is -0.497 e. The van der Waals surface area contributed by atoms with Crippen molar-refractivity contribution in [1.29, 1.82) is 0 Å². The average molecular weight is 373 g/mol. The molecular formula is C19H17F2N3OS. The fraction of sp³-hybridized carbons (Fsp3) is 0.158. The molecule has 0 saturated carbocycles. The van der Waals surface area contributed by atoms with Gasteiger partial charge >= 0.3 is 0 Å². The lowest BCUT2D eigenvalue weighted by Crippen LogP contribution is -2.01. The number of hydrogen-bond acceptors (Lipinski definition) is 4. The molecule has 0 aliphatic heterocycles. The summed E-state index contributed by atoms with van der Waals surface area (Å²) in [6.07, 6.45) is 1.74. The minimum absolute atomic E-state index is 0.251. The van der Waals surface area contributed by atoms with Gasteiger partial charge in [0.05, 0.1) is 7.11 Å². The molecule has 0 saturated heterocycles. The molecule has 0 radical (unpaired) electrons. The van der Waals surface area contributed by atoms with Crippen LogP contribution in [0.1, 0.15) is 5.56 Å². The number of allylic oxidation sites excluding steroid dienone is 1. The van der Waals surface area contributed by atoms with Crippen LogP contribution in [-0.2, 0) is 12.3 Å². The monoisotopic (exact) mass is 373 g/mol. The van der Waals surface area contributed by atoms with E-state index in [2.05, 4.69) is 16.8 Å². The third-order valence-corrected chi connectivity index (χ3v) is 4.78. The Hall–Kier alpha value is -2.67. The highest BCUT2D eigenvalue weighted by molar-refractivity contribution is 7.98. The third kappa shape index (κ3) is 3.77. The Morgan fingerprint density at radius 1 is 1.15 bits per heavy atom. The van der Waals surface area contributed by atoms with Crippen LogP contribution in [0.15, 0.2) is 60.3 Å². The molecule has 0 N–H and O–H groups in total. The summed E-state index contributed by atoms with van der Waals surface area (Å²) in [6.45, 7) is 4.27. The molecule has 0 bridgehead atoms. The second kappa shape index (κ2) is 8.14. The zero-order chi connectivity index (χ0) is 18.5. The summed E-state index contributed by atoms with van der Waals surface area (Å²) in [6, 6.07) is 11.6. The average Bonchev–Trinajstić information content (AvgIpc) is 3.06. The Morgan fingerprint density at radius 3 is 2.62 bits per heavy atom. The van der Waals surface area contributed by atoms with Crippen LogP contribution in [0.2, 0.25) is 0 Å². The Bertz CT molecular complexity index is 910. The number of hydrogen-bond donors (Lipinski definition) is 0. The number of methoxy groups -OCH3 is 1. The smallest absolute Gasteiger partial charge is 0.192 e. The molecule has 1 aromatic heterocycles. The first-order chi connectivity index (χ1) is 12.6. The van der Waals surface area contributed by atoms with E-state index in [1.165, 1.54) is 17.8 Å². The van der Waals surface area contributed by atoms with Crippen LogP contribution in [0.3, 0.4) is 0 Å². The van der Waals surface area contributed by atoms with E-state index >= 15 is 0 Å². The van der Waals surface area contributed by atoms with Crippen molar-refractivity contribution < 1.29 is 13.5 Å². The van der Waals surface area contributed by atoms with E-state index < -0.39 is 11.6 Å². The van der Waals surface area contributed by atoms with Crippen LogP contribution in [0.5, 0.6) is 5.75 Å². The van der Waals surface area contributed by atoms with Gasteiger partial charge in [0.25, 0.3) is 0 Å². The van der Waals surface area contributed by atoms with Crippen molar-refractivity contribution in [3.63, 3.8) is 0 Å². The fourth-order valence-electron chi connectivity index (χ4n) is 2.45. The normalized spacial score (nSPS) is 10.7. The van der Waals surface area contributed by atoms with Gasteiger partial charge in [-0.3, -0.25) is 4.57 Å². The molecule has 26 heavy (non-hydrogen) atoms. The maximum absolute atomic E-state index is 13.8. The molecule has 0 aliphatic carbocycles. The largest absolute Gasteiger partial charge is 0.497 e. The highest BCUT2D eigenvalue weighted by Crippen LogP contribution is 2.28. The molecular weight excluding hydrogens is 356 g/mol. The first-order valence-corrected chi connectivity index (χ1v) is 8.86. The van der Waals surface area contributed by atoms with E-state index in [-0.39, 0.29) is 11.3 Å². The van der Waals surface area contributed by atoms with Gasteiger partial charge in [-0.1, -0.05) is 30.0 Å². The van der Waals surface area contributed by atoms with Crippen LogP contribution in [-0.4, -0.2) is 21.9 Å². The molecule has 1 heterocycles. The van der Waals surface area contributed by atoms with Crippen molar-refractivity contribution in [2.75, 3.05) is 7.11 Å². The number of aromatic nitrogens is 3. The summed E-state index contributed by atoms with van der Waals surface area (Å²) in [5.41, 5.74) is 1.16. The lowest BCUT2D eigenvalue weighted by Gasteiger charge is -2.09. The molecule has 4 nitrogen and oxygen atoms in total. The topological polar surface area (TPSA) is 39.9 Å². The highest BCUT2D eigenvalue weighted by atomic mass is 32.2. The SMILES string of the molecule is C=CCn1c(SCc2cccc(F)c2F)nnc1-c1ccc(OC)cc1. The molecule has 134 valence electrons. The van der Waals surface area contributed by atoms with Gasteiger partial charge < -0.3 is 4.74 Å². The van der Waals surface area contributed by atoms with Crippen LogP contribution >= 0.6 is 11.8 Å². The first kappa shape index (κ1) is 18.1. The fourth-order valence-corrected chi connectivity index (χ4v) is 3.37.